The molecule has 92 valence electrons. The van der Waals surface area contributed by atoms with Crippen LogP contribution in [0.3, 0.4) is 0 Å². The van der Waals surface area contributed by atoms with Crippen LogP contribution in [0, 0.1) is 5.21 Å². The number of carbonyl (C=O) groups excluding carboxylic acids is 1. The fourth-order valence-electron chi connectivity index (χ4n) is 1.57. The first-order valence-electron chi connectivity index (χ1n) is 4.95. The van der Waals surface area contributed by atoms with Gasteiger partial charge in [-0.1, -0.05) is 0 Å². The topological polar surface area (TPSA) is 86.1 Å². The molecule has 0 saturated heterocycles. The Morgan fingerprint density at radius 1 is 1.59 bits per heavy atom. The summed E-state index contributed by atoms with van der Waals surface area (Å²) in [5.74, 6) is 0.284. The van der Waals surface area contributed by atoms with Gasteiger partial charge >= 0.3 is 0 Å². The van der Waals surface area contributed by atoms with Crippen molar-refractivity contribution in [3.63, 3.8) is 0 Å². The summed E-state index contributed by atoms with van der Waals surface area (Å²) in [5, 5.41) is 21.5. The lowest BCUT2D eigenvalue weighted by Crippen LogP contribution is -2.99. The molecular weight excluding hydrogens is 244 g/mol. The van der Waals surface area contributed by atoms with Crippen molar-refractivity contribution in [3.05, 3.63) is 17.3 Å². The lowest BCUT2D eigenvalue weighted by Gasteiger charge is -2.25. The molecule has 0 spiro atoms. The summed E-state index contributed by atoms with van der Waals surface area (Å²) < 4.78 is 5.04. The molecule has 1 aliphatic heterocycles. The van der Waals surface area contributed by atoms with E-state index < -0.39 is 5.23 Å². The van der Waals surface area contributed by atoms with Gasteiger partial charge in [0.2, 0.25) is 5.91 Å². The molecule has 1 heterocycles. The average Bonchev–Trinajstić information content (AvgIpc) is 2.29. The number of carbonyl (C=O) groups is 1. The quantitative estimate of drug-likeness (QED) is 0.672. The zero-order valence-corrected chi connectivity index (χ0v) is 10.1. The molecule has 3 N–H and O–H groups in total. The van der Waals surface area contributed by atoms with Crippen LogP contribution in [0.15, 0.2) is 17.0 Å². The standard InChI is InChI=1S/C10H12N2O4S/c1-5-10(13)11-9-7(12(14)15)3-6(16-2)4-8(9)17-5/h3-5,12,14H,1-2H3,(H,11,13). The lowest BCUT2D eigenvalue weighted by atomic mass is 10.2. The summed E-state index contributed by atoms with van der Waals surface area (Å²) in [6, 6.07) is 3.13. The van der Waals surface area contributed by atoms with Crippen molar-refractivity contribution < 1.29 is 20.0 Å². The predicted octanol–water partition coefficient (Wildman–Crippen LogP) is 0.531. The van der Waals surface area contributed by atoms with Gasteiger partial charge in [0, 0.05) is 11.0 Å². The van der Waals surface area contributed by atoms with Crippen LogP contribution in [0.25, 0.3) is 0 Å². The molecule has 2 unspecified atom stereocenters. The van der Waals surface area contributed by atoms with E-state index in [0.29, 0.717) is 16.3 Å². The maximum absolute atomic E-state index is 11.5. The van der Waals surface area contributed by atoms with Crippen molar-refractivity contribution in [2.24, 2.45) is 0 Å². The summed E-state index contributed by atoms with van der Waals surface area (Å²) in [4.78, 5) is 12.2. The number of hydrogen-bond donors (Lipinski definition) is 3. The fourth-order valence-corrected chi connectivity index (χ4v) is 2.58. The third kappa shape index (κ3) is 2.22. The number of fused-ring (bicyclic) bond motifs is 1. The zero-order valence-electron chi connectivity index (χ0n) is 9.31. The molecular formula is C10H12N2O4S. The van der Waals surface area contributed by atoms with E-state index >= 15 is 0 Å². The van der Waals surface area contributed by atoms with E-state index in [1.165, 1.54) is 24.9 Å². The van der Waals surface area contributed by atoms with Crippen LogP contribution in [-0.2, 0) is 4.79 Å². The van der Waals surface area contributed by atoms with E-state index in [4.69, 9.17) is 9.94 Å². The van der Waals surface area contributed by atoms with E-state index in [2.05, 4.69) is 5.32 Å². The maximum atomic E-state index is 11.5. The van der Waals surface area contributed by atoms with Crippen molar-refractivity contribution in [1.29, 1.82) is 0 Å². The first-order chi connectivity index (χ1) is 8.02. The highest BCUT2D eigenvalue weighted by molar-refractivity contribution is 8.01. The van der Waals surface area contributed by atoms with E-state index in [-0.39, 0.29) is 16.8 Å². The molecule has 6 nitrogen and oxygen atoms in total. The van der Waals surface area contributed by atoms with Crippen LogP contribution in [0.2, 0.25) is 0 Å². The molecule has 0 aliphatic carbocycles. The van der Waals surface area contributed by atoms with E-state index in [9.17, 15) is 10.0 Å². The van der Waals surface area contributed by atoms with E-state index in [1.807, 2.05) is 0 Å². The Kier molecular flexibility index (Phi) is 3.25. The van der Waals surface area contributed by atoms with Crippen molar-refractivity contribution in [3.8, 4) is 5.75 Å². The smallest absolute Gasteiger partial charge is 0.237 e. The van der Waals surface area contributed by atoms with Crippen molar-refractivity contribution >= 4 is 29.0 Å². The highest BCUT2D eigenvalue weighted by Gasteiger charge is 2.28. The Labute approximate surface area is 102 Å². The number of hydrogen-bond acceptors (Lipinski definition) is 5. The molecule has 0 radical (unpaired) electrons. The molecule has 0 saturated carbocycles. The van der Waals surface area contributed by atoms with Gasteiger partial charge in [-0.3, -0.25) is 4.79 Å². The van der Waals surface area contributed by atoms with Gasteiger partial charge in [-0.15, -0.1) is 11.8 Å². The molecule has 0 fully saturated rings. The van der Waals surface area contributed by atoms with Gasteiger partial charge in [0.05, 0.1) is 12.4 Å². The van der Waals surface area contributed by atoms with Gasteiger partial charge < -0.3 is 15.3 Å². The molecule has 1 amide bonds. The van der Waals surface area contributed by atoms with Crippen LogP contribution < -0.4 is 15.3 Å². The summed E-state index contributed by atoms with van der Waals surface area (Å²) in [6.45, 7) is 1.77. The van der Waals surface area contributed by atoms with Crippen LogP contribution in [0.1, 0.15) is 6.92 Å². The minimum absolute atomic E-state index is 0.0482. The Morgan fingerprint density at radius 2 is 2.29 bits per heavy atom. The number of anilines is 1. The predicted molar refractivity (Wildman–Crippen MR) is 62.7 cm³/mol. The Bertz CT molecular complexity index is 464. The van der Waals surface area contributed by atoms with Gasteiger partial charge in [-0.25, -0.2) is 5.21 Å². The molecule has 2 atom stereocenters. The largest absolute Gasteiger partial charge is 0.595 e. The van der Waals surface area contributed by atoms with E-state index in [1.54, 1.807) is 13.0 Å². The number of ether oxygens (including phenoxy) is 1. The number of amides is 1. The number of rotatable bonds is 2. The lowest BCUT2D eigenvalue weighted by molar-refractivity contribution is -0.990. The van der Waals surface area contributed by atoms with Crippen molar-refractivity contribution in [2.75, 3.05) is 12.4 Å². The molecule has 17 heavy (non-hydrogen) atoms. The molecule has 1 aliphatic rings. The van der Waals surface area contributed by atoms with Crippen LogP contribution in [0.4, 0.5) is 11.4 Å². The second-order valence-electron chi connectivity index (χ2n) is 3.60. The minimum Gasteiger partial charge on any atom is -0.595 e. The van der Waals surface area contributed by atoms with Crippen LogP contribution in [-0.4, -0.2) is 23.5 Å². The summed E-state index contributed by atoms with van der Waals surface area (Å²) >= 11 is 1.33. The van der Waals surface area contributed by atoms with Crippen molar-refractivity contribution in [2.45, 2.75) is 17.1 Å². The molecule has 1 aromatic carbocycles. The second-order valence-corrected chi connectivity index (χ2v) is 4.99. The van der Waals surface area contributed by atoms with Gasteiger partial charge in [0.1, 0.15) is 11.4 Å². The Balaban J connectivity index is 2.54. The maximum Gasteiger partial charge on any atom is 0.237 e. The average molecular weight is 256 g/mol. The minimum atomic E-state index is -1.09. The van der Waals surface area contributed by atoms with Crippen LogP contribution >= 0.6 is 11.8 Å². The third-order valence-corrected chi connectivity index (χ3v) is 3.61. The van der Waals surface area contributed by atoms with Crippen molar-refractivity contribution in [1.82, 2.24) is 0 Å². The number of methoxy groups -OCH3 is 1. The highest BCUT2D eigenvalue weighted by atomic mass is 32.2. The van der Waals surface area contributed by atoms with E-state index in [0.717, 1.165) is 0 Å². The monoisotopic (exact) mass is 256 g/mol. The van der Waals surface area contributed by atoms with Gasteiger partial charge in [0.15, 0.2) is 5.69 Å². The molecule has 0 aromatic heterocycles. The first kappa shape index (κ1) is 12.2. The molecule has 7 heteroatoms. The molecule has 0 bridgehead atoms. The number of quaternary nitrogens is 1. The Hall–Kier alpha value is -1.28. The van der Waals surface area contributed by atoms with Gasteiger partial charge in [0.25, 0.3) is 0 Å². The second kappa shape index (κ2) is 4.53. The third-order valence-electron chi connectivity index (χ3n) is 2.46. The number of thioether (sulfide) groups is 1. The molecule has 2 rings (SSSR count). The first-order valence-corrected chi connectivity index (χ1v) is 5.83. The SMILES string of the molecule is COc1cc2c(c([NH+]([O-])O)c1)NC(=O)C(C)S2. The highest BCUT2D eigenvalue weighted by Crippen LogP contribution is 2.41. The van der Waals surface area contributed by atoms with Gasteiger partial charge in [-0.2, -0.15) is 5.23 Å². The molecule has 1 aromatic rings. The zero-order chi connectivity index (χ0) is 12.6. The Morgan fingerprint density at radius 3 is 2.88 bits per heavy atom. The van der Waals surface area contributed by atoms with Crippen LogP contribution in [0.5, 0.6) is 5.75 Å². The summed E-state index contributed by atoms with van der Waals surface area (Å²) in [5.41, 5.74) is 0.401. The number of benzene rings is 1. The fraction of sp³-hybridized carbons (Fsp3) is 0.300. The van der Waals surface area contributed by atoms with Gasteiger partial charge in [-0.05, 0) is 13.0 Å². The number of nitrogens with one attached hydrogen (secondary N) is 2. The normalized spacial score (nSPS) is 20.5. The summed E-state index contributed by atoms with van der Waals surface area (Å²) in [6.07, 6.45) is 0. The summed E-state index contributed by atoms with van der Waals surface area (Å²) in [7, 11) is 1.48.